The predicted octanol–water partition coefficient (Wildman–Crippen LogP) is 1.57. The van der Waals surface area contributed by atoms with Gasteiger partial charge in [0.2, 0.25) is 5.91 Å². The van der Waals surface area contributed by atoms with Crippen LogP contribution in [-0.4, -0.2) is 42.5 Å². The molecule has 6 heteroatoms. The number of nitrogens with zero attached hydrogens (tertiary/aromatic N) is 1. The first-order valence-electron chi connectivity index (χ1n) is 6.78. The highest BCUT2D eigenvalue weighted by Crippen LogP contribution is 2.29. The second-order valence-electron chi connectivity index (χ2n) is 5.11. The molecule has 2 heterocycles. The molecule has 0 spiro atoms. The minimum absolute atomic E-state index is 0.116. The van der Waals surface area contributed by atoms with E-state index in [1.54, 1.807) is 11.8 Å². The molecule has 21 heavy (non-hydrogen) atoms. The van der Waals surface area contributed by atoms with E-state index in [1.807, 2.05) is 24.3 Å². The van der Waals surface area contributed by atoms with Crippen molar-refractivity contribution in [2.75, 3.05) is 19.7 Å². The van der Waals surface area contributed by atoms with E-state index >= 15 is 0 Å². The summed E-state index contributed by atoms with van der Waals surface area (Å²) in [6.45, 7) is 2.99. The Morgan fingerprint density at radius 3 is 3.10 bits per heavy atom. The molecule has 1 unspecified atom stereocenters. The number of fused-ring (bicyclic) bond motifs is 1. The van der Waals surface area contributed by atoms with Gasteiger partial charge in [-0.1, -0.05) is 15.9 Å². The Kier molecular flexibility index (Phi) is 3.71. The summed E-state index contributed by atoms with van der Waals surface area (Å²) in [5.74, 6) is 0.511. The Bertz CT molecular complexity index is 642. The standard InChI is InChI=1S/C15H15BrN2O3/c1-9-14(19)17-4-5-18(9)15(20)11-6-10-7-12(16)2-3-13(10)21-8-11/h2-3,6-7,9H,4-5,8H2,1H3,(H,17,19). The molecular weight excluding hydrogens is 336 g/mol. The average Bonchev–Trinajstić information content (AvgIpc) is 2.48. The molecule has 1 saturated heterocycles. The van der Waals surface area contributed by atoms with Crippen molar-refractivity contribution in [3.8, 4) is 5.75 Å². The van der Waals surface area contributed by atoms with E-state index in [1.165, 1.54) is 0 Å². The van der Waals surface area contributed by atoms with E-state index in [0.717, 1.165) is 15.8 Å². The molecule has 1 fully saturated rings. The summed E-state index contributed by atoms with van der Waals surface area (Å²) in [5, 5.41) is 2.75. The second-order valence-corrected chi connectivity index (χ2v) is 6.02. The zero-order chi connectivity index (χ0) is 15.0. The van der Waals surface area contributed by atoms with Crippen LogP contribution in [-0.2, 0) is 9.59 Å². The van der Waals surface area contributed by atoms with Gasteiger partial charge in [0.05, 0.1) is 5.57 Å². The average molecular weight is 351 g/mol. The summed E-state index contributed by atoms with van der Waals surface area (Å²) < 4.78 is 6.56. The number of hydrogen-bond donors (Lipinski definition) is 1. The number of piperazine rings is 1. The smallest absolute Gasteiger partial charge is 0.253 e. The van der Waals surface area contributed by atoms with Crippen molar-refractivity contribution >= 4 is 33.8 Å². The van der Waals surface area contributed by atoms with E-state index in [-0.39, 0.29) is 18.4 Å². The highest BCUT2D eigenvalue weighted by atomic mass is 79.9. The molecule has 2 amide bonds. The van der Waals surface area contributed by atoms with Gasteiger partial charge >= 0.3 is 0 Å². The summed E-state index contributed by atoms with van der Waals surface area (Å²) in [4.78, 5) is 25.9. The van der Waals surface area contributed by atoms with Crippen LogP contribution < -0.4 is 10.1 Å². The molecule has 0 aliphatic carbocycles. The van der Waals surface area contributed by atoms with Crippen molar-refractivity contribution in [2.45, 2.75) is 13.0 Å². The van der Waals surface area contributed by atoms with Gasteiger partial charge in [-0.25, -0.2) is 0 Å². The molecule has 1 aromatic rings. The molecule has 3 rings (SSSR count). The van der Waals surface area contributed by atoms with Gasteiger partial charge in [-0.05, 0) is 31.2 Å². The third-order valence-electron chi connectivity index (χ3n) is 3.72. The highest BCUT2D eigenvalue weighted by Gasteiger charge is 2.31. The number of rotatable bonds is 1. The minimum Gasteiger partial charge on any atom is -0.488 e. The van der Waals surface area contributed by atoms with Crippen LogP contribution in [0.4, 0.5) is 0 Å². The SMILES string of the molecule is CC1C(=O)NCCN1C(=O)C1=Cc2cc(Br)ccc2OC1. The monoisotopic (exact) mass is 350 g/mol. The van der Waals surface area contributed by atoms with Crippen LogP contribution in [0.5, 0.6) is 5.75 Å². The molecule has 0 bridgehead atoms. The topological polar surface area (TPSA) is 58.6 Å². The zero-order valence-electron chi connectivity index (χ0n) is 11.6. The van der Waals surface area contributed by atoms with Crippen LogP contribution >= 0.6 is 15.9 Å². The number of carbonyl (C=O) groups is 2. The van der Waals surface area contributed by atoms with Crippen molar-refractivity contribution in [1.82, 2.24) is 10.2 Å². The molecule has 0 aromatic heterocycles. The lowest BCUT2D eigenvalue weighted by molar-refractivity contribution is -0.140. The Balaban J connectivity index is 1.87. The van der Waals surface area contributed by atoms with Crippen LogP contribution in [0.25, 0.3) is 6.08 Å². The molecule has 1 atom stereocenters. The maximum atomic E-state index is 12.6. The first-order valence-corrected chi connectivity index (χ1v) is 7.57. The molecule has 5 nitrogen and oxygen atoms in total. The number of nitrogens with one attached hydrogen (secondary N) is 1. The quantitative estimate of drug-likeness (QED) is 0.836. The van der Waals surface area contributed by atoms with Crippen molar-refractivity contribution in [1.29, 1.82) is 0 Å². The minimum atomic E-state index is -0.448. The second kappa shape index (κ2) is 5.52. The van der Waals surface area contributed by atoms with Gasteiger partial charge in [-0.15, -0.1) is 0 Å². The fraction of sp³-hybridized carbons (Fsp3) is 0.333. The Morgan fingerprint density at radius 2 is 2.29 bits per heavy atom. The molecule has 1 N–H and O–H groups in total. The first kappa shape index (κ1) is 14.1. The first-order chi connectivity index (χ1) is 10.1. The highest BCUT2D eigenvalue weighted by molar-refractivity contribution is 9.10. The number of halogens is 1. The lowest BCUT2D eigenvalue weighted by Crippen LogP contribution is -2.56. The molecular formula is C15H15BrN2O3. The summed E-state index contributed by atoms with van der Waals surface area (Å²) in [7, 11) is 0. The normalized spacial score (nSPS) is 21.0. The molecule has 2 aliphatic heterocycles. The maximum Gasteiger partial charge on any atom is 0.253 e. The lowest BCUT2D eigenvalue weighted by Gasteiger charge is -2.34. The predicted molar refractivity (Wildman–Crippen MR) is 81.8 cm³/mol. The van der Waals surface area contributed by atoms with E-state index in [4.69, 9.17) is 4.74 Å². The number of benzene rings is 1. The van der Waals surface area contributed by atoms with Crippen molar-refractivity contribution in [3.05, 3.63) is 33.8 Å². The Labute approximate surface area is 131 Å². The van der Waals surface area contributed by atoms with Crippen LogP contribution in [0.3, 0.4) is 0 Å². The summed E-state index contributed by atoms with van der Waals surface area (Å²) >= 11 is 3.41. The largest absolute Gasteiger partial charge is 0.488 e. The van der Waals surface area contributed by atoms with Gasteiger partial charge < -0.3 is 15.0 Å². The van der Waals surface area contributed by atoms with Crippen LogP contribution in [0.1, 0.15) is 12.5 Å². The number of carbonyl (C=O) groups excluding carboxylic acids is 2. The summed E-state index contributed by atoms with van der Waals surface area (Å²) in [6.07, 6.45) is 1.84. The molecule has 2 aliphatic rings. The van der Waals surface area contributed by atoms with Crippen molar-refractivity contribution in [3.63, 3.8) is 0 Å². The van der Waals surface area contributed by atoms with Crippen molar-refractivity contribution in [2.24, 2.45) is 0 Å². The van der Waals surface area contributed by atoms with Gasteiger partial charge in [-0.3, -0.25) is 9.59 Å². The Hall–Kier alpha value is -1.82. The zero-order valence-corrected chi connectivity index (χ0v) is 13.1. The maximum absolute atomic E-state index is 12.6. The number of amides is 2. The number of ether oxygens (including phenoxy) is 1. The lowest BCUT2D eigenvalue weighted by atomic mass is 10.1. The van der Waals surface area contributed by atoms with Crippen LogP contribution in [0, 0.1) is 0 Å². The van der Waals surface area contributed by atoms with Gasteiger partial charge in [0.15, 0.2) is 0 Å². The molecule has 0 radical (unpaired) electrons. The van der Waals surface area contributed by atoms with Crippen LogP contribution in [0.15, 0.2) is 28.2 Å². The third-order valence-corrected chi connectivity index (χ3v) is 4.21. The Morgan fingerprint density at radius 1 is 1.48 bits per heavy atom. The molecule has 1 aromatic carbocycles. The number of hydrogen-bond acceptors (Lipinski definition) is 3. The third kappa shape index (κ3) is 2.68. The van der Waals surface area contributed by atoms with E-state index in [9.17, 15) is 9.59 Å². The van der Waals surface area contributed by atoms with Crippen molar-refractivity contribution < 1.29 is 14.3 Å². The summed E-state index contributed by atoms with van der Waals surface area (Å²) in [6, 6.07) is 5.23. The van der Waals surface area contributed by atoms with E-state index in [2.05, 4.69) is 21.2 Å². The van der Waals surface area contributed by atoms with E-state index in [0.29, 0.717) is 18.7 Å². The van der Waals surface area contributed by atoms with Gasteiger partial charge in [0.25, 0.3) is 5.91 Å². The summed E-state index contributed by atoms with van der Waals surface area (Å²) in [5.41, 5.74) is 1.44. The van der Waals surface area contributed by atoms with Crippen LogP contribution in [0.2, 0.25) is 0 Å². The van der Waals surface area contributed by atoms with Gasteiger partial charge in [0, 0.05) is 23.1 Å². The molecule has 110 valence electrons. The fourth-order valence-corrected chi connectivity index (χ4v) is 2.90. The fourth-order valence-electron chi connectivity index (χ4n) is 2.52. The van der Waals surface area contributed by atoms with E-state index < -0.39 is 6.04 Å². The molecule has 0 saturated carbocycles. The van der Waals surface area contributed by atoms with Gasteiger partial charge in [-0.2, -0.15) is 0 Å². The van der Waals surface area contributed by atoms with Gasteiger partial charge in [0.1, 0.15) is 18.4 Å².